The van der Waals surface area contributed by atoms with Gasteiger partial charge in [0, 0.05) is 37.5 Å². The third kappa shape index (κ3) is 5.15. The Bertz CT molecular complexity index is 1040. The normalized spacial score (nSPS) is 14.3. The van der Waals surface area contributed by atoms with Gasteiger partial charge in [0.05, 0.1) is 11.8 Å². The summed E-state index contributed by atoms with van der Waals surface area (Å²) in [7, 11) is 1.69. The van der Waals surface area contributed by atoms with E-state index < -0.39 is 0 Å². The van der Waals surface area contributed by atoms with Gasteiger partial charge in [-0.3, -0.25) is 4.79 Å². The van der Waals surface area contributed by atoms with E-state index in [1.54, 1.807) is 18.4 Å². The molecule has 3 aromatic rings. The molecule has 1 aliphatic rings. The molecule has 0 radical (unpaired) electrons. The van der Waals surface area contributed by atoms with Crippen LogP contribution in [0.25, 0.3) is 10.2 Å². The number of hydrogen-bond acceptors (Lipinski definition) is 6. The molecule has 0 spiro atoms. The van der Waals surface area contributed by atoms with Gasteiger partial charge in [0.2, 0.25) is 5.91 Å². The molecule has 0 saturated carbocycles. The number of thiazole rings is 1. The minimum atomic E-state index is 0.269. The fourth-order valence-corrected chi connectivity index (χ4v) is 5.71. The van der Waals surface area contributed by atoms with Crippen molar-refractivity contribution in [2.45, 2.75) is 31.6 Å². The van der Waals surface area contributed by atoms with E-state index in [2.05, 4.69) is 49.1 Å². The van der Waals surface area contributed by atoms with Gasteiger partial charge in [-0.1, -0.05) is 35.1 Å². The molecule has 7 heteroatoms. The van der Waals surface area contributed by atoms with Gasteiger partial charge < -0.3 is 14.5 Å². The van der Waals surface area contributed by atoms with Crippen molar-refractivity contribution >= 4 is 44.4 Å². The topological polar surface area (TPSA) is 45.7 Å². The molecule has 0 aliphatic carbocycles. The highest BCUT2D eigenvalue weighted by Gasteiger charge is 2.23. The summed E-state index contributed by atoms with van der Waals surface area (Å²) in [6.07, 6.45) is 1.53. The number of fused-ring (bicyclic) bond motifs is 1. The Kier molecular flexibility index (Phi) is 7.02. The Balaban J connectivity index is 1.26. The van der Waals surface area contributed by atoms with Crippen LogP contribution in [0.15, 0.2) is 41.3 Å². The summed E-state index contributed by atoms with van der Waals surface area (Å²) in [5.41, 5.74) is 3.43. The number of carbonyl (C=O) groups is 1. The van der Waals surface area contributed by atoms with Crippen LogP contribution in [-0.2, 0) is 4.79 Å². The molecule has 1 aliphatic heterocycles. The smallest absolute Gasteiger partial charge is 0.222 e. The Morgan fingerprint density at radius 3 is 2.55 bits per heavy atom. The molecule has 0 bridgehead atoms. The number of aromatic nitrogens is 1. The lowest BCUT2D eigenvalue weighted by molar-refractivity contribution is -0.131. The maximum atomic E-state index is 12.6. The predicted octanol–water partition coefficient (Wildman–Crippen LogP) is 5.14. The summed E-state index contributed by atoms with van der Waals surface area (Å²) >= 11 is 3.54. The molecular weight excluding hydrogens is 426 g/mol. The van der Waals surface area contributed by atoms with Gasteiger partial charge in [-0.2, -0.15) is 0 Å². The largest absolute Gasteiger partial charge is 0.494 e. The molecule has 2 aromatic carbocycles. The van der Waals surface area contributed by atoms with E-state index in [9.17, 15) is 4.79 Å². The molecule has 31 heavy (non-hydrogen) atoms. The summed E-state index contributed by atoms with van der Waals surface area (Å²) in [5, 5.41) is 1.02. The van der Waals surface area contributed by atoms with E-state index in [0.717, 1.165) is 54.8 Å². The van der Waals surface area contributed by atoms with Crippen molar-refractivity contribution in [3.8, 4) is 5.75 Å². The second-order valence-corrected chi connectivity index (χ2v) is 10.0. The summed E-state index contributed by atoms with van der Waals surface area (Å²) < 4.78 is 6.66. The Labute approximate surface area is 192 Å². The zero-order valence-electron chi connectivity index (χ0n) is 18.4. The van der Waals surface area contributed by atoms with E-state index in [-0.39, 0.29) is 5.91 Å². The molecule has 0 unspecified atom stereocenters. The lowest BCUT2D eigenvalue weighted by Gasteiger charge is -2.34. The number of methoxy groups -OCH3 is 1. The minimum Gasteiger partial charge on any atom is -0.494 e. The number of carbonyl (C=O) groups excluding carboxylic acids is 1. The maximum absolute atomic E-state index is 12.6. The molecule has 4 rings (SSSR count). The zero-order valence-corrected chi connectivity index (χ0v) is 20.0. The number of hydrogen-bond donors (Lipinski definition) is 0. The summed E-state index contributed by atoms with van der Waals surface area (Å²) in [5.74, 6) is 2.06. The predicted molar refractivity (Wildman–Crippen MR) is 131 cm³/mol. The van der Waals surface area contributed by atoms with Crippen molar-refractivity contribution in [3.05, 3.63) is 47.5 Å². The molecule has 5 nitrogen and oxygen atoms in total. The number of anilines is 1. The molecule has 1 aromatic heterocycles. The fourth-order valence-electron chi connectivity index (χ4n) is 3.75. The highest BCUT2D eigenvalue weighted by molar-refractivity contribution is 7.99. The Morgan fingerprint density at radius 1 is 1.10 bits per heavy atom. The fraction of sp³-hybridized carbons (Fsp3) is 0.417. The van der Waals surface area contributed by atoms with E-state index >= 15 is 0 Å². The Morgan fingerprint density at radius 2 is 1.84 bits per heavy atom. The van der Waals surface area contributed by atoms with Crippen LogP contribution < -0.4 is 9.64 Å². The molecule has 164 valence electrons. The first-order valence-corrected chi connectivity index (χ1v) is 12.5. The quantitative estimate of drug-likeness (QED) is 0.364. The van der Waals surface area contributed by atoms with E-state index in [1.165, 1.54) is 20.7 Å². The maximum Gasteiger partial charge on any atom is 0.222 e. The number of benzene rings is 2. The summed E-state index contributed by atoms with van der Waals surface area (Å²) in [6, 6.07) is 12.6. The van der Waals surface area contributed by atoms with Crippen LogP contribution in [0.2, 0.25) is 0 Å². The first kappa shape index (κ1) is 22.0. The van der Waals surface area contributed by atoms with Crippen molar-refractivity contribution in [3.63, 3.8) is 0 Å². The number of nitrogens with zero attached hydrogens (tertiary/aromatic N) is 3. The van der Waals surface area contributed by atoms with E-state index in [1.807, 2.05) is 22.7 Å². The minimum absolute atomic E-state index is 0.269. The number of piperazine rings is 1. The molecule has 1 saturated heterocycles. The van der Waals surface area contributed by atoms with E-state index in [0.29, 0.717) is 6.42 Å². The van der Waals surface area contributed by atoms with Gasteiger partial charge in [0.25, 0.3) is 0 Å². The molecule has 0 atom stereocenters. The van der Waals surface area contributed by atoms with Crippen molar-refractivity contribution in [2.24, 2.45) is 0 Å². The number of aryl methyl sites for hydroxylation is 2. The van der Waals surface area contributed by atoms with Gasteiger partial charge in [-0.25, -0.2) is 4.98 Å². The van der Waals surface area contributed by atoms with Gasteiger partial charge >= 0.3 is 0 Å². The van der Waals surface area contributed by atoms with Crippen LogP contribution in [0.3, 0.4) is 0 Å². The number of thioether (sulfide) groups is 1. The highest BCUT2D eigenvalue weighted by Crippen LogP contribution is 2.36. The molecule has 2 heterocycles. The van der Waals surface area contributed by atoms with Gasteiger partial charge in [-0.15, -0.1) is 11.8 Å². The lowest BCUT2D eigenvalue weighted by atomic mass is 10.2. The standard InChI is InChI=1S/C24H29N3O2S2/c1-17-6-9-19(10-7-17)30-16-4-5-21(28)26-12-14-27(15-13-26)24-25-22-20(29-3)11-8-18(2)23(22)31-24/h6-11H,4-5,12-16H2,1-3H3. The van der Waals surface area contributed by atoms with Gasteiger partial charge in [0.15, 0.2) is 5.13 Å². The molecule has 0 N–H and O–H groups in total. The average molecular weight is 456 g/mol. The number of amides is 1. The first-order valence-electron chi connectivity index (χ1n) is 10.7. The van der Waals surface area contributed by atoms with E-state index in [4.69, 9.17) is 9.72 Å². The first-order chi connectivity index (χ1) is 15.0. The van der Waals surface area contributed by atoms with Crippen molar-refractivity contribution in [1.29, 1.82) is 0 Å². The SMILES string of the molecule is COc1ccc(C)c2sc(N3CCN(C(=O)CCCSc4ccc(C)cc4)CC3)nc12. The highest BCUT2D eigenvalue weighted by atomic mass is 32.2. The summed E-state index contributed by atoms with van der Waals surface area (Å²) in [4.78, 5) is 23.1. The second-order valence-electron chi connectivity index (χ2n) is 7.89. The lowest BCUT2D eigenvalue weighted by Crippen LogP contribution is -2.48. The van der Waals surface area contributed by atoms with Crippen LogP contribution in [0, 0.1) is 13.8 Å². The van der Waals surface area contributed by atoms with Crippen LogP contribution in [-0.4, -0.2) is 54.8 Å². The Hall–Kier alpha value is -2.25. The monoisotopic (exact) mass is 455 g/mol. The van der Waals surface area contributed by atoms with Crippen molar-refractivity contribution in [2.75, 3.05) is 43.9 Å². The van der Waals surface area contributed by atoms with Crippen LogP contribution >= 0.6 is 23.1 Å². The number of rotatable bonds is 7. The second kappa shape index (κ2) is 9.92. The summed E-state index contributed by atoms with van der Waals surface area (Å²) in [6.45, 7) is 7.38. The molecular formula is C24H29N3O2S2. The van der Waals surface area contributed by atoms with Crippen LogP contribution in [0.5, 0.6) is 5.75 Å². The molecule has 1 fully saturated rings. The zero-order chi connectivity index (χ0) is 21.8. The van der Waals surface area contributed by atoms with Gasteiger partial charge in [-0.05, 0) is 49.8 Å². The third-order valence-electron chi connectivity index (χ3n) is 5.64. The third-order valence-corrected chi connectivity index (χ3v) is 7.99. The van der Waals surface area contributed by atoms with Crippen LogP contribution in [0.4, 0.5) is 5.13 Å². The number of ether oxygens (including phenoxy) is 1. The molecule has 1 amide bonds. The average Bonchev–Trinajstić information content (AvgIpc) is 3.25. The van der Waals surface area contributed by atoms with Crippen molar-refractivity contribution < 1.29 is 9.53 Å². The van der Waals surface area contributed by atoms with Crippen LogP contribution in [0.1, 0.15) is 24.0 Å². The van der Waals surface area contributed by atoms with Crippen molar-refractivity contribution in [1.82, 2.24) is 9.88 Å². The van der Waals surface area contributed by atoms with Gasteiger partial charge in [0.1, 0.15) is 11.3 Å².